The lowest BCUT2D eigenvalue weighted by molar-refractivity contribution is -0.167. The Morgan fingerprint density at radius 1 is 0.290 bits per heavy atom. The van der Waals surface area contributed by atoms with Crippen LogP contribution in [0.15, 0.2) is 72.9 Å². The van der Waals surface area contributed by atoms with Crippen LogP contribution in [-0.4, -0.2) is 37.2 Å². The third-order valence-corrected chi connectivity index (χ3v) is 12.7. The lowest BCUT2D eigenvalue weighted by Gasteiger charge is -2.18. The average molecular weight is 964 g/mol. The van der Waals surface area contributed by atoms with Crippen molar-refractivity contribution in [2.45, 2.75) is 297 Å². The fourth-order valence-electron chi connectivity index (χ4n) is 8.18. The van der Waals surface area contributed by atoms with E-state index in [9.17, 15) is 14.4 Å². The Bertz CT molecular complexity index is 1290. The van der Waals surface area contributed by atoms with Crippen LogP contribution >= 0.6 is 0 Å². The van der Waals surface area contributed by atoms with Gasteiger partial charge in [0, 0.05) is 19.3 Å². The minimum Gasteiger partial charge on any atom is -0.462 e. The first-order valence-corrected chi connectivity index (χ1v) is 29.4. The molecule has 0 fully saturated rings. The zero-order chi connectivity index (χ0) is 50.0. The first kappa shape index (κ1) is 65.8. The smallest absolute Gasteiger partial charge is 0.306 e. The molecule has 0 aromatic heterocycles. The lowest BCUT2D eigenvalue weighted by Crippen LogP contribution is -2.30. The second-order valence-corrected chi connectivity index (χ2v) is 19.5. The Morgan fingerprint density at radius 3 is 0.855 bits per heavy atom. The van der Waals surface area contributed by atoms with Crippen LogP contribution < -0.4 is 0 Å². The van der Waals surface area contributed by atoms with Crippen LogP contribution in [0.2, 0.25) is 0 Å². The number of allylic oxidation sites excluding steroid dienone is 12. The van der Waals surface area contributed by atoms with Crippen LogP contribution in [0, 0.1) is 0 Å². The maximum atomic E-state index is 12.9. The standard InChI is InChI=1S/C63H110O6/c1-4-7-10-13-16-19-22-25-28-30-31-33-35-38-41-44-47-50-53-56-62(65)68-59-60(58-67-61(64)55-52-49-46-43-40-37-34-27-24-21-18-15-12-9-6-3)69-63(66)57-54-51-48-45-42-39-36-32-29-26-23-20-17-14-11-8-5-2/h17-18,20-21,25-29,34,36,39,60H,4-16,19,22-24,30-33,35,37-38,40-59H2,1-3H3/b20-17+,21-18+,28-25+,29-26+,34-27+,39-36+/t60-/m1/s1. The molecule has 0 heterocycles. The summed E-state index contributed by atoms with van der Waals surface area (Å²) in [6.45, 7) is 6.57. The van der Waals surface area contributed by atoms with Gasteiger partial charge >= 0.3 is 17.9 Å². The summed E-state index contributed by atoms with van der Waals surface area (Å²) in [5.41, 5.74) is 0. The van der Waals surface area contributed by atoms with E-state index in [-0.39, 0.29) is 31.1 Å². The molecule has 6 heteroatoms. The Kier molecular flexibility index (Phi) is 54.8. The number of unbranched alkanes of at least 4 members (excludes halogenated alkanes) is 30. The molecule has 0 aromatic carbocycles. The summed E-state index contributed by atoms with van der Waals surface area (Å²) in [7, 11) is 0. The van der Waals surface area contributed by atoms with Crippen LogP contribution in [0.3, 0.4) is 0 Å². The normalized spacial score (nSPS) is 12.6. The number of hydrogen-bond acceptors (Lipinski definition) is 6. The molecule has 0 unspecified atom stereocenters. The van der Waals surface area contributed by atoms with Gasteiger partial charge in [-0.25, -0.2) is 0 Å². The number of rotatable bonds is 53. The van der Waals surface area contributed by atoms with E-state index in [1.807, 2.05) is 0 Å². The lowest BCUT2D eigenvalue weighted by atomic mass is 10.1. The third kappa shape index (κ3) is 55.6. The quantitative estimate of drug-likeness (QED) is 0.0262. The van der Waals surface area contributed by atoms with Crippen molar-refractivity contribution in [3.05, 3.63) is 72.9 Å². The molecular formula is C63H110O6. The van der Waals surface area contributed by atoms with Gasteiger partial charge in [0.05, 0.1) is 0 Å². The Balaban J connectivity index is 4.42. The number of ether oxygens (including phenoxy) is 3. The second-order valence-electron chi connectivity index (χ2n) is 19.5. The van der Waals surface area contributed by atoms with Gasteiger partial charge in [0.1, 0.15) is 13.2 Å². The van der Waals surface area contributed by atoms with Crippen LogP contribution in [-0.2, 0) is 28.6 Å². The minimum absolute atomic E-state index is 0.0896. The van der Waals surface area contributed by atoms with E-state index < -0.39 is 6.10 Å². The zero-order valence-electron chi connectivity index (χ0n) is 45.6. The van der Waals surface area contributed by atoms with Crippen molar-refractivity contribution >= 4 is 17.9 Å². The van der Waals surface area contributed by atoms with E-state index in [1.165, 1.54) is 141 Å². The zero-order valence-corrected chi connectivity index (χ0v) is 45.6. The van der Waals surface area contributed by atoms with Gasteiger partial charge in [0.25, 0.3) is 0 Å². The van der Waals surface area contributed by atoms with Crippen molar-refractivity contribution in [2.75, 3.05) is 13.2 Å². The van der Waals surface area contributed by atoms with Gasteiger partial charge in [0.2, 0.25) is 0 Å². The van der Waals surface area contributed by atoms with Gasteiger partial charge in [-0.05, 0) is 116 Å². The highest BCUT2D eigenvalue weighted by Gasteiger charge is 2.19. The number of esters is 3. The highest BCUT2D eigenvalue weighted by molar-refractivity contribution is 5.71. The highest BCUT2D eigenvalue weighted by atomic mass is 16.6. The molecule has 0 aliphatic carbocycles. The molecule has 0 aliphatic heterocycles. The molecule has 0 amide bonds. The molecule has 1 atom stereocenters. The molecule has 0 rings (SSSR count). The number of carbonyl (C=O) groups is 3. The van der Waals surface area contributed by atoms with Gasteiger partial charge in [-0.1, -0.05) is 229 Å². The summed E-state index contributed by atoms with van der Waals surface area (Å²) >= 11 is 0. The SMILES string of the molecule is CCCCC/C=C/C/C=C/C/C=C/CCCCCCC(=O)O[C@H](COC(=O)CCCCCCC/C=C/C/C=C/CCCCC)COC(=O)CCCCCCCCCCC/C=C/CCCCCCCC. The van der Waals surface area contributed by atoms with Crippen LogP contribution in [0.25, 0.3) is 0 Å². The molecule has 0 radical (unpaired) electrons. The molecular weight excluding hydrogens is 853 g/mol. The molecule has 0 spiro atoms. The summed E-state index contributed by atoms with van der Waals surface area (Å²) in [4.78, 5) is 38.2. The number of carbonyl (C=O) groups excluding carboxylic acids is 3. The monoisotopic (exact) mass is 963 g/mol. The van der Waals surface area contributed by atoms with Crippen molar-refractivity contribution < 1.29 is 28.6 Å². The molecule has 6 nitrogen and oxygen atoms in total. The average Bonchev–Trinajstić information content (AvgIpc) is 3.35. The molecule has 0 N–H and O–H groups in total. The maximum Gasteiger partial charge on any atom is 0.306 e. The first-order chi connectivity index (χ1) is 34.0. The maximum absolute atomic E-state index is 12.9. The fraction of sp³-hybridized carbons (Fsp3) is 0.762. The van der Waals surface area contributed by atoms with Gasteiger partial charge in [0.15, 0.2) is 6.10 Å². The van der Waals surface area contributed by atoms with Gasteiger partial charge in [-0.3, -0.25) is 14.4 Å². The van der Waals surface area contributed by atoms with Crippen molar-refractivity contribution in [2.24, 2.45) is 0 Å². The topological polar surface area (TPSA) is 78.9 Å². The summed E-state index contributed by atoms with van der Waals surface area (Å²) in [6, 6.07) is 0. The van der Waals surface area contributed by atoms with Crippen molar-refractivity contribution in [1.82, 2.24) is 0 Å². The molecule has 0 aromatic rings. The van der Waals surface area contributed by atoms with Crippen LogP contribution in [0.4, 0.5) is 0 Å². The van der Waals surface area contributed by atoms with Gasteiger partial charge in [-0.2, -0.15) is 0 Å². The largest absolute Gasteiger partial charge is 0.462 e. The molecule has 398 valence electrons. The van der Waals surface area contributed by atoms with Crippen LogP contribution in [0.5, 0.6) is 0 Å². The minimum atomic E-state index is -0.794. The van der Waals surface area contributed by atoms with E-state index in [0.29, 0.717) is 19.3 Å². The summed E-state index contributed by atoms with van der Waals surface area (Å²) in [6.07, 6.45) is 73.1. The molecule has 0 saturated carbocycles. The van der Waals surface area contributed by atoms with Crippen molar-refractivity contribution in [3.63, 3.8) is 0 Å². The van der Waals surface area contributed by atoms with Gasteiger partial charge in [-0.15, -0.1) is 0 Å². The van der Waals surface area contributed by atoms with E-state index in [4.69, 9.17) is 14.2 Å². The summed E-state index contributed by atoms with van der Waals surface area (Å²) < 4.78 is 16.9. The summed E-state index contributed by atoms with van der Waals surface area (Å²) in [5, 5.41) is 0. The summed E-state index contributed by atoms with van der Waals surface area (Å²) in [5.74, 6) is -0.919. The predicted molar refractivity (Wildman–Crippen MR) is 298 cm³/mol. The van der Waals surface area contributed by atoms with E-state index in [0.717, 1.165) is 109 Å². The fourth-order valence-corrected chi connectivity index (χ4v) is 8.18. The Labute approximate surface area is 427 Å². The number of hydrogen-bond donors (Lipinski definition) is 0. The predicted octanol–water partition coefficient (Wildman–Crippen LogP) is 19.8. The van der Waals surface area contributed by atoms with Crippen LogP contribution in [0.1, 0.15) is 290 Å². The molecule has 0 aliphatic rings. The first-order valence-electron chi connectivity index (χ1n) is 29.4. The molecule has 0 bridgehead atoms. The van der Waals surface area contributed by atoms with E-state index in [1.54, 1.807) is 0 Å². The van der Waals surface area contributed by atoms with Crippen molar-refractivity contribution in [1.29, 1.82) is 0 Å². The second kappa shape index (κ2) is 57.4. The van der Waals surface area contributed by atoms with Crippen molar-refractivity contribution in [3.8, 4) is 0 Å². The third-order valence-electron chi connectivity index (χ3n) is 12.7. The van der Waals surface area contributed by atoms with Gasteiger partial charge < -0.3 is 14.2 Å². The highest BCUT2D eigenvalue weighted by Crippen LogP contribution is 2.15. The molecule has 69 heavy (non-hydrogen) atoms. The Morgan fingerprint density at radius 2 is 0.522 bits per heavy atom. The molecule has 0 saturated heterocycles. The van der Waals surface area contributed by atoms with E-state index >= 15 is 0 Å². The van der Waals surface area contributed by atoms with E-state index in [2.05, 4.69) is 93.7 Å². The Hall–Kier alpha value is -3.15.